The number of piperidine rings is 1. The lowest BCUT2D eigenvalue weighted by Crippen LogP contribution is -2.36. The Balaban J connectivity index is 1.26. The maximum Gasteiger partial charge on any atom is 0.407 e. The quantitative estimate of drug-likeness (QED) is 0.194. The number of esters is 1. The minimum Gasteiger partial charge on any atom is -0.465 e. The molecule has 6 rings (SSSR count). The van der Waals surface area contributed by atoms with Gasteiger partial charge in [-0.3, -0.25) is 0 Å². The van der Waals surface area contributed by atoms with Crippen LogP contribution in [0.2, 0.25) is 0 Å². The smallest absolute Gasteiger partial charge is 0.407 e. The number of anilines is 1. The zero-order valence-electron chi connectivity index (χ0n) is 26.3. The number of amides is 1. The molecule has 234 valence electrons. The van der Waals surface area contributed by atoms with E-state index in [0.717, 1.165) is 54.7 Å². The fraction of sp³-hybridized carbons (Fsp3) is 0.389. The molecule has 2 aromatic heterocycles. The molecular weight excluding hydrogens is 566 g/mol. The molecule has 1 aliphatic heterocycles. The third-order valence-electron chi connectivity index (χ3n) is 9.24. The number of rotatable bonds is 9. The van der Waals surface area contributed by atoms with Crippen molar-refractivity contribution >= 4 is 17.7 Å². The zero-order valence-corrected chi connectivity index (χ0v) is 26.3. The molecule has 1 fully saturated rings. The molecule has 0 bridgehead atoms. The molecule has 0 radical (unpaired) electrons. The van der Waals surface area contributed by atoms with Gasteiger partial charge in [-0.2, -0.15) is 5.10 Å². The van der Waals surface area contributed by atoms with Crippen LogP contribution in [0, 0.1) is 0 Å². The Hall–Kier alpha value is -4.66. The topological polar surface area (TPSA) is 110 Å². The molecule has 0 saturated carbocycles. The summed E-state index contributed by atoms with van der Waals surface area (Å²) in [5, 5.41) is 17.7. The van der Waals surface area contributed by atoms with E-state index in [1.54, 1.807) is 17.8 Å². The maximum absolute atomic E-state index is 12.5. The number of carbonyl (C=O) groups is 2. The maximum atomic E-state index is 12.5. The normalized spacial score (nSPS) is 16.4. The second kappa shape index (κ2) is 13.1. The van der Waals surface area contributed by atoms with Crippen LogP contribution < -0.4 is 5.32 Å². The van der Waals surface area contributed by atoms with Crippen LogP contribution in [0.5, 0.6) is 0 Å². The Morgan fingerprint density at radius 3 is 2.53 bits per heavy atom. The fourth-order valence-corrected chi connectivity index (χ4v) is 7.02. The fourth-order valence-electron chi connectivity index (χ4n) is 7.02. The molecule has 2 N–H and O–H groups in total. The lowest BCUT2D eigenvalue weighted by atomic mass is 9.85. The molecule has 0 spiro atoms. The summed E-state index contributed by atoms with van der Waals surface area (Å²) in [6, 6.07) is 19.3. The van der Waals surface area contributed by atoms with Crippen LogP contribution in [0.3, 0.4) is 0 Å². The van der Waals surface area contributed by atoms with Gasteiger partial charge in [0.2, 0.25) is 0 Å². The van der Waals surface area contributed by atoms with Gasteiger partial charge < -0.3 is 20.1 Å². The van der Waals surface area contributed by atoms with Crippen LogP contribution in [-0.2, 0) is 24.0 Å². The average Bonchev–Trinajstić information content (AvgIpc) is 3.69. The van der Waals surface area contributed by atoms with Gasteiger partial charge in [0.15, 0.2) is 5.82 Å². The number of hydrogen-bond acceptors (Lipinski definition) is 6. The highest BCUT2D eigenvalue weighted by Crippen LogP contribution is 2.41. The summed E-state index contributed by atoms with van der Waals surface area (Å²) in [7, 11) is 0. The van der Waals surface area contributed by atoms with Crippen molar-refractivity contribution in [3.63, 3.8) is 0 Å². The summed E-state index contributed by atoms with van der Waals surface area (Å²) in [5.41, 5.74) is 9.58. The molecule has 2 aromatic carbocycles. The van der Waals surface area contributed by atoms with Crippen LogP contribution in [0.25, 0.3) is 17.1 Å². The highest BCUT2D eigenvalue weighted by molar-refractivity contribution is 5.90. The van der Waals surface area contributed by atoms with Gasteiger partial charge in [-0.1, -0.05) is 44.2 Å². The van der Waals surface area contributed by atoms with Crippen molar-refractivity contribution in [1.29, 1.82) is 0 Å². The molecule has 1 aliphatic carbocycles. The van der Waals surface area contributed by atoms with Gasteiger partial charge in [0.05, 0.1) is 30.2 Å². The first-order chi connectivity index (χ1) is 21.9. The van der Waals surface area contributed by atoms with Crippen molar-refractivity contribution in [1.82, 2.24) is 19.7 Å². The van der Waals surface area contributed by atoms with E-state index in [-0.39, 0.29) is 12.0 Å². The molecule has 9 nitrogen and oxygen atoms in total. The zero-order chi connectivity index (χ0) is 31.5. The van der Waals surface area contributed by atoms with E-state index < -0.39 is 6.09 Å². The first-order valence-electron chi connectivity index (χ1n) is 16.1. The van der Waals surface area contributed by atoms with Crippen molar-refractivity contribution in [2.45, 2.75) is 71.3 Å². The minimum atomic E-state index is -0.822. The Morgan fingerprint density at radius 1 is 1.00 bits per heavy atom. The van der Waals surface area contributed by atoms with Gasteiger partial charge in [0, 0.05) is 24.3 Å². The van der Waals surface area contributed by atoms with Crippen LogP contribution in [-0.4, -0.2) is 56.5 Å². The Labute approximate surface area is 264 Å². The Morgan fingerprint density at radius 2 is 1.80 bits per heavy atom. The third kappa shape index (κ3) is 6.03. The number of pyridine rings is 1. The molecule has 1 amide bonds. The molecule has 9 heteroatoms. The van der Waals surface area contributed by atoms with Crippen LogP contribution in [0.4, 0.5) is 10.5 Å². The van der Waals surface area contributed by atoms with Crippen molar-refractivity contribution in [3.8, 4) is 17.1 Å². The molecule has 1 atom stereocenters. The van der Waals surface area contributed by atoms with E-state index in [0.29, 0.717) is 43.4 Å². The average molecular weight is 608 g/mol. The number of fused-ring (bicyclic) bond motifs is 1. The number of nitrogens with zero attached hydrogens (tertiary/aromatic N) is 4. The Bertz CT molecular complexity index is 1710. The predicted molar refractivity (Wildman–Crippen MR) is 174 cm³/mol. The number of hydrogen-bond donors (Lipinski definition) is 2. The summed E-state index contributed by atoms with van der Waals surface area (Å²) >= 11 is 0. The van der Waals surface area contributed by atoms with Gasteiger partial charge in [0.25, 0.3) is 0 Å². The van der Waals surface area contributed by atoms with Gasteiger partial charge in [-0.25, -0.2) is 19.3 Å². The highest BCUT2D eigenvalue weighted by atomic mass is 16.5. The lowest BCUT2D eigenvalue weighted by molar-refractivity contribution is 0.0525. The van der Waals surface area contributed by atoms with Crippen LogP contribution >= 0.6 is 0 Å². The van der Waals surface area contributed by atoms with Crippen LogP contribution in [0.1, 0.15) is 90.3 Å². The first kappa shape index (κ1) is 30.4. The number of carboxylic acid groups (broad SMARTS) is 1. The van der Waals surface area contributed by atoms with Gasteiger partial charge in [0.1, 0.15) is 5.56 Å². The number of ether oxygens (including phenoxy) is 1. The standard InChI is InChI=1S/C36H41N5O4/c1-4-23-21-26(14-15-27(23)24-17-19-40(20-18-24)36(43)44)38-31-16-13-25-9-7-10-28(34(25)31)30-11-8-12-33(39-30)41-32(5-2)29(22-37-41)35(42)45-6-3/h7-12,14-15,21-22,24,31,38H,4-6,13,16-20H2,1-3H3,(H,43,44). The molecular formula is C36H41N5O4. The molecule has 1 unspecified atom stereocenters. The highest BCUT2D eigenvalue weighted by Gasteiger charge is 2.28. The second-order valence-corrected chi connectivity index (χ2v) is 11.8. The van der Waals surface area contributed by atoms with Crippen LogP contribution in [0.15, 0.2) is 60.8 Å². The van der Waals surface area contributed by atoms with E-state index in [9.17, 15) is 14.7 Å². The molecule has 4 aromatic rings. The number of aryl methyl sites for hydroxylation is 2. The SMILES string of the molecule is CCOC(=O)c1cnn(-c2cccc(-c3cccc4c3C(Nc3ccc(C5CCN(C(=O)O)CC5)c(CC)c3)CC4)n2)c1CC. The summed E-state index contributed by atoms with van der Waals surface area (Å²) in [6.45, 7) is 7.48. The number of nitrogens with one attached hydrogen (secondary N) is 1. The van der Waals surface area contributed by atoms with E-state index in [2.05, 4.69) is 53.7 Å². The van der Waals surface area contributed by atoms with E-state index in [1.807, 2.05) is 25.1 Å². The van der Waals surface area contributed by atoms with Crippen molar-refractivity contribution < 1.29 is 19.4 Å². The number of aromatic nitrogens is 3. The van der Waals surface area contributed by atoms with Gasteiger partial charge in [-0.05, 0) is 97.9 Å². The summed E-state index contributed by atoms with van der Waals surface area (Å²) in [5.74, 6) is 0.685. The number of likely N-dealkylation sites (tertiary alicyclic amines) is 1. The summed E-state index contributed by atoms with van der Waals surface area (Å²) < 4.78 is 6.99. The third-order valence-corrected chi connectivity index (χ3v) is 9.24. The second-order valence-electron chi connectivity index (χ2n) is 11.8. The largest absolute Gasteiger partial charge is 0.465 e. The number of benzene rings is 2. The molecule has 2 aliphatic rings. The first-order valence-corrected chi connectivity index (χ1v) is 16.1. The number of carbonyl (C=O) groups excluding carboxylic acids is 1. The monoisotopic (exact) mass is 607 g/mol. The van der Waals surface area contributed by atoms with Crippen molar-refractivity contribution in [2.75, 3.05) is 25.0 Å². The van der Waals surface area contributed by atoms with Crippen molar-refractivity contribution in [2.24, 2.45) is 0 Å². The molecule has 45 heavy (non-hydrogen) atoms. The minimum absolute atomic E-state index is 0.141. The lowest BCUT2D eigenvalue weighted by Gasteiger charge is -2.31. The van der Waals surface area contributed by atoms with Gasteiger partial charge in [-0.15, -0.1) is 0 Å². The van der Waals surface area contributed by atoms with E-state index in [4.69, 9.17) is 9.72 Å². The predicted octanol–water partition coefficient (Wildman–Crippen LogP) is 7.19. The van der Waals surface area contributed by atoms with Crippen molar-refractivity contribution in [3.05, 3.63) is 94.3 Å². The molecule has 1 saturated heterocycles. The summed E-state index contributed by atoms with van der Waals surface area (Å²) in [6.07, 6.45) is 6.00. The van der Waals surface area contributed by atoms with E-state index in [1.165, 1.54) is 27.2 Å². The van der Waals surface area contributed by atoms with E-state index >= 15 is 0 Å². The Kier molecular flexibility index (Phi) is 8.87. The van der Waals surface area contributed by atoms with Gasteiger partial charge >= 0.3 is 12.1 Å². The molecule has 3 heterocycles. The summed E-state index contributed by atoms with van der Waals surface area (Å²) in [4.78, 5) is 30.5.